The average molecular weight is 256 g/mol. The monoisotopic (exact) mass is 256 g/mol. The summed E-state index contributed by atoms with van der Waals surface area (Å²) in [5, 5.41) is 10.6. The maximum atomic E-state index is 11.6. The van der Waals surface area contributed by atoms with Gasteiger partial charge in [0.1, 0.15) is 0 Å². The molecule has 0 bridgehead atoms. The van der Waals surface area contributed by atoms with Crippen LogP contribution >= 0.6 is 0 Å². The third-order valence-corrected chi connectivity index (χ3v) is 2.85. The van der Waals surface area contributed by atoms with E-state index in [0.29, 0.717) is 5.56 Å². The first-order chi connectivity index (χ1) is 9.09. The van der Waals surface area contributed by atoms with Crippen LogP contribution in [0.1, 0.15) is 17.0 Å². The van der Waals surface area contributed by atoms with Crippen LogP contribution in [0.3, 0.4) is 0 Å². The first-order valence-corrected chi connectivity index (χ1v) is 5.68. The molecule has 0 radical (unpaired) electrons. The topological polar surface area (TPSA) is 86.2 Å². The van der Waals surface area contributed by atoms with Crippen LogP contribution in [0.15, 0.2) is 54.6 Å². The van der Waals surface area contributed by atoms with E-state index in [1.807, 2.05) is 18.2 Å². The molecule has 0 fully saturated rings. The third kappa shape index (κ3) is 2.77. The van der Waals surface area contributed by atoms with Crippen molar-refractivity contribution in [1.82, 2.24) is 0 Å². The summed E-state index contributed by atoms with van der Waals surface area (Å²) in [5.74, 6) is -1.08. The Morgan fingerprint density at radius 2 is 1.53 bits per heavy atom. The quantitative estimate of drug-likeness (QED) is 0.672. The van der Waals surface area contributed by atoms with Crippen LogP contribution < -0.4 is 5.73 Å². The van der Waals surface area contributed by atoms with Crippen LogP contribution in [0.4, 0.5) is 5.69 Å². The minimum Gasteiger partial charge on any atom is -0.369 e. The number of amides is 1. The molecule has 0 aliphatic rings. The molecule has 19 heavy (non-hydrogen) atoms. The number of benzene rings is 2. The SMILES string of the molecule is NC(=O)C(c1ccccc1)c1ccc([N+](=O)[O-])cc1. The average Bonchev–Trinajstić information content (AvgIpc) is 2.40. The zero-order valence-corrected chi connectivity index (χ0v) is 10.0. The van der Waals surface area contributed by atoms with Crippen LogP contribution in [-0.2, 0) is 4.79 Å². The number of nitrogens with zero attached hydrogens (tertiary/aromatic N) is 1. The molecule has 2 aromatic carbocycles. The molecule has 5 heteroatoms. The Morgan fingerprint density at radius 3 is 2.00 bits per heavy atom. The summed E-state index contributed by atoms with van der Waals surface area (Å²) in [7, 11) is 0. The zero-order chi connectivity index (χ0) is 13.8. The van der Waals surface area contributed by atoms with Gasteiger partial charge in [-0.05, 0) is 11.1 Å². The number of carbonyl (C=O) groups excluding carboxylic acids is 1. The highest BCUT2D eigenvalue weighted by Crippen LogP contribution is 2.25. The normalized spacial score (nSPS) is 11.8. The Bertz CT molecular complexity index is 594. The van der Waals surface area contributed by atoms with E-state index in [9.17, 15) is 14.9 Å². The zero-order valence-electron chi connectivity index (χ0n) is 10.0. The summed E-state index contributed by atoms with van der Waals surface area (Å²) < 4.78 is 0. The second-order valence-corrected chi connectivity index (χ2v) is 4.09. The van der Waals surface area contributed by atoms with Crippen LogP contribution in [0.5, 0.6) is 0 Å². The van der Waals surface area contributed by atoms with Crippen LogP contribution in [0.2, 0.25) is 0 Å². The maximum absolute atomic E-state index is 11.6. The maximum Gasteiger partial charge on any atom is 0.269 e. The number of nitrogens with two attached hydrogens (primary N) is 1. The standard InChI is InChI=1S/C14H12N2O3/c15-14(17)13(10-4-2-1-3-5-10)11-6-8-12(9-7-11)16(18)19/h1-9,13H,(H2,15,17). The van der Waals surface area contributed by atoms with Gasteiger partial charge in [-0.15, -0.1) is 0 Å². The van der Waals surface area contributed by atoms with E-state index in [-0.39, 0.29) is 5.69 Å². The molecule has 5 nitrogen and oxygen atoms in total. The van der Waals surface area contributed by atoms with E-state index in [1.54, 1.807) is 24.3 Å². The number of non-ortho nitro benzene ring substituents is 1. The number of carbonyl (C=O) groups is 1. The van der Waals surface area contributed by atoms with Crippen LogP contribution in [0, 0.1) is 10.1 Å². The molecule has 0 spiro atoms. The summed E-state index contributed by atoms with van der Waals surface area (Å²) >= 11 is 0. The third-order valence-electron chi connectivity index (χ3n) is 2.85. The van der Waals surface area contributed by atoms with Gasteiger partial charge in [0.2, 0.25) is 5.91 Å². The Balaban J connectivity index is 2.40. The summed E-state index contributed by atoms with van der Waals surface area (Å²) in [6.45, 7) is 0. The number of primary amides is 1. The lowest BCUT2D eigenvalue weighted by Gasteiger charge is -2.13. The highest BCUT2D eigenvalue weighted by atomic mass is 16.6. The smallest absolute Gasteiger partial charge is 0.269 e. The van der Waals surface area contributed by atoms with Crippen molar-refractivity contribution < 1.29 is 9.72 Å². The molecule has 1 atom stereocenters. The number of rotatable bonds is 4. The van der Waals surface area contributed by atoms with E-state index in [2.05, 4.69) is 0 Å². The molecule has 0 aliphatic heterocycles. The van der Waals surface area contributed by atoms with Gasteiger partial charge in [0.05, 0.1) is 10.8 Å². The predicted octanol–water partition coefficient (Wildman–Crippen LogP) is 2.21. The highest BCUT2D eigenvalue weighted by Gasteiger charge is 2.20. The van der Waals surface area contributed by atoms with E-state index in [0.717, 1.165) is 5.56 Å². The van der Waals surface area contributed by atoms with Gasteiger partial charge in [0.15, 0.2) is 0 Å². The molecular weight excluding hydrogens is 244 g/mol. The van der Waals surface area contributed by atoms with Gasteiger partial charge in [-0.3, -0.25) is 14.9 Å². The summed E-state index contributed by atoms with van der Waals surface area (Å²) in [4.78, 5) is 21.7. The molecular formula is C14H12N2O3. The van der Waals surface area contributed by atoms with E-state index in [4.69, 9.17) is 5.73 Å². The Kier molecular flexibility index (Phi) is 3.56. The number of nitro groups is 1. The van der Waals surface area contributed by atoms with Crippen molar-refractivity contribution in [1.29, 1.82) is 0 Å². The second-order valence-electron chi connectivity index (χ2n) is 4.09. The minimum absolute atomic E-state index is 0.0139. The van der Waals surface area contributed by atoms with Crippen molar-refractivity contribution in [3.63, 3.8) is 0 Å². The van der Waals surface area contributed by atoms with Crippen molar-refractivity contribution in [3.8, 4) is 0 Å². The van der Waals surface area contributed by atoms with Crippen molar-refractivity contribution in [3.05, 3.63) is 75.8 Å². The second kappa shape index (κ2) is 5.30. The number of nitro benzene ring substituents is 1. The van der Waals surface area contributed by atoms with Crippen molar-refractivity contribution in [2.24, 2.45) is 5.73 Å². The van der Waals surface area contributed by atoms with Gasteiger partial charge in [0, 0.05) is 12.1 Å². The summed E-state index contributed by atoms with van der Waals surface area (Å²) in [6.07, 6.45) is 0. The predicted molar refractivity (Wildman–Crippen MR) is 70.6 cm³/mol. The minimum atomic E-state index is -0.595. The molecule has 0 saturated heterocycles. The first-order valence-electron chi connectivity index (χ1n) is 5.68. The molecule has 0 aliphatic carbocycles. The van der Waals surface area contributed by atoms with Crippen molar-refractivity contribution in [2.75, 3.05) is 0 Å². The lowest BCUT2D eigenvalue weighted by atomic mass is 9.91. The fourth-order valence-electron chi connectivity index (χ4n) is 1.95. The van der Waals surface area contributed by atoms with Crippen LogP contribution in [0.25, 0.3) is 0 Å². The number of hydrogen-bond donors (Lipinski definition) is 1. The lowest BCUT2D eigenvalue weighted by Crippen LogP contribution is -2.22. The van der Waals surface area contributed by atoms with Gasteiger partial charge in [-0.2, -0.15) is 0 Å². The largest absolute Gasteiger partial charge is 0.369 e. The van der Waals surface area contributed by atoms with E-state index < -0.39 is 16.7 Å². The van der Waals surface area contributed by atoms with Crippen molar-refractivity contribution in [2.45, 2.75) is 5.92 Å². The Labute approximate surface area is 109 Å². The Morgan fingerprint density at radius 1 is 1.00 bits per heavy atom. The molecule has 2 aromatic rings. The van der Waals surface area contributed by atoms with E-state index >= 15 is 0 Å². The van der Waals surface area contributed by atoms with Crippen molar-refractivity contribution >= 4 is 11.6 Å². The number of hydrogen-bond acceptors (Lipinski definition) is 3. The Hall–Kier alpha value is -2.69. The first kappa shape index (κ1) is 12.8. The molecule has 2 rings (SSSR count). The molecule has 2 N–H and O–H groups in total. The fraction of sp³-hybridized carbons (Fsp3) is 0.0714. The van der Waals surface area contributed by atoms with Gasteiger partial charge < -0.3 is 5.73 Å². The molecule has 0 aromatic heterocycles. The molecule has 0 saturated carbocycles. The highest BCUT2D eigenvalue weighted by molar-refractivity contribution is 5.85. The summed E-state index contributed by atoms with van der Waals surface area (Å²) in [6, 6.07) is 14.9. The van der Waals surface area contributed by atoms with E-state index in [1.165, 1.54) is 12.1 Å². The lowest BCUT2D eigenvalue weighted by molar-refractivity contribution is -0.384. The summed E-state index contributed by atoms with van der Waals surface area (Å²) in [5.41, 5.74) is 6.82. The van der Waals surface area contributed by atoms with Gasteiger partial charge >= 0.3 is 0 Å². The molecule has 0 heterocycles. The van der Waals surface area contributed by atoms with Gasteiger partial charge in [-0.25, -0.2) is 0 Å². The molecule has 1 amide bonds. The van der Waals surface area contributed by atoms with Crippen LogP contribution in [-0.4, -0.2) is 10.8 Å². The van der Waals surface area contributed by atoms with Gasteiger partial charge in [-0.1, -0.05) is 42.5 Å². The molecule has 96 valence electrons. The van der Waals surface area contributed by atoms with Gasteiger partial charge in [0.25, 0.3) is 5.69 Å². The molecule has 1 unspecified atom stereocenters. The fourth-order valence-corrected chi connectivity index (χ4v) is 1.95.